The lowest BCUT2D eigenvalue weighted by molar-refractivity contribution is 0.141. The third-order valence-corrected chi connectivity index (χ3v) is 3.43. The molecule has 1 atom stereocenters. The third-order valence-electron chi connectivity index (χ3n) is 2.96. The highest BCUT2D eigenvalue weighted by atomic mass is 31.2. The summed E-state index contributed by atoms with van der Waals surface area (Å²) in [6.07, 6.45) is 1.36. The van der Waals surface area contributed by atoms with E-state index in [1.165, 1.54) is 0 Å². The number of carbonyl (C=O) groups excluding carboxylic acids is 1. The highest BCUT2D eigenvalue weighted by molar-refractivity contribution is 7.51. The number of hydrogen-bond acceptors (Lipinski definition) is 4. The van der Waals surface area contributed by atoms with Crippen molar-refractivity contribution in [3.8, 4) is 5.75 Å². The molecule has 0 fully saturated rings. The number of benzene rings is 1. The molecule has 0 aliphatic heterocycles. The summed E-state index contributed by atoms with van der Waals surface area (Å²) in [5.74, 6) is 0.386. The second-order valence-electron chi connectivity index (χ2n) is 5.32. The van der Waals surface area contributed by atoms with Crippen LogP contribution in [0.4, 0.5) is 4.79 Å². The first-order valence-electron chi connectivity index (χ1n) is 7.49. The van der Waals surface area contributed by atoms with Crippen LogP contribution in [-0.4, -0.2) is 34.9 Å². The fourth-order valence-electron chi connectivity index (χ4n) is 1.84. The normalized spacial score (nSPS) is 12.5. The van der Waals surface area contributed by atoms with Crippen LogP contribution < -0.4 is 10.1 Å². The van der Waals surface area contributed by atoms with Crippen molar-refractivity contribution in [3.63, 3.8) is 0 Å². The van der Waals surface area contributed by atoms with Gasteiger partial charge in [-0.05, 0) is 37.5 Å². The molecule has 7 nitrogen and oxygen atoms in total. The van der Waals surface area contributed by atoms with Crippen molar-refractivity contribution in [2.24, 2.45) is 0 Å². The minimum atomic E-state index is -4.18. The Morgan fingerprint density at radius 1 is 1.30 bits per heavy atom. The molecule has 8 heteroatoms. The quantitative estimate of drug-likeness (QED) is 0.469. The molecular weight excluding hydrogens is 321 g/mol. The summed E-state index contributed by atoms with van der Waals surface area (Å²) in [5.41, 5.74) is 0.967. The second kappa shape index (κ2) is 9.55. The van der Waals surface area contributed by atoms with E-state index in [1.54, 1.807) is 24.3 Å². The minimum Gasteiger partial charge on any atom is -0.481 e. The van der Waals surface area contributed by atoms with Gasteiger partial charge in [-0.2, -0.15) is 0 Å². The maximum absolute atomic E-state index is 11.5. The maximum atomic E-state index is 11.5. The smallest absolute Gasteiger partial charge is 0.407 e. The van der Waals surface area contributed by atoms with Crippen molar-refractivity contribution in [1.82, 2.24) is 5.32 Å². The molecule has 0 unspecified atom stereocenters. The van der Waals surface area contributed by atoms with Gasteiger partial charge in [0.1, 0.15) is 5.75 Å². The Hall–Kier alpha value is -1.56. The molecule has 3 N–H and O–H groups in total. The van der Waals surface area contributed by atoms with Gasteiger partial charge in [0, 0.05) is 6.04 Å². The topological polar surface area (TPSA) is 105 Å². The molecule has 0 saturated heterocycles. The monoisotopic (exact) mass is 345 g/mol. The predicted molar refractivity (Wildman–Crippen MR) is 86.5 cm³/mol. The van der Waals surface area contributed by atoms with Gasteiger partial charge in [0.25, 0.3) is 0 Å². The summed E-state index contributed by atoms with van der Waals surface area (Å²) in [6, 6.07) is 6.76. The summed E-state index contributed by atoms with van der Waals surface area (Å²) in [4.78, 5) is 29.0. The largest absolute Gasteiger partial charge is 0.481 e. The van der Waals surface area contributed by atoms with Crippen molar-refractivity contribution >= 4 is 13.7 Å². The van der Waals surface area contributed by atoms with Crippen LogP contribution in [0.2, 0.25) is 0 Å². The Kier molecular flexibility index (Phi) is 8.09. The van der Waals surface area contributed by atoms with Crippen molar-refractivity contribution in [1.29, 1.82) is 0 Å². The fourth-order valence-corrected chi connectivity index (χ4v) is 2.15. The SMILES string of the molecule is CCCCOC(=O)N[C@H](C)Cc1ccc(OCP(=O)(O)O)cc1. The summed E-state index contributed by atoms with van der Waals surface area (Å²) in [6.45, 7) is 4.32. The Bertz CT molecular complexity index is 527. The number of alkyl carbamates (subject to hydrolysis) is 1. The molecule has 1 amide bonds. The number of unbranched alkanes of at least 4 members (excludes halogenated alkanes) is 1. The van der Waals surface area contributed by atoms with Gasteiger partial charge in [-0.25, -0.2) is 4.79 Å². The lowest BCUT2D eigenvalue weighted by atomic mass is 10.1. The standard InChI is InChI=1S/C15H24NO6P/c1-3-4-9-21-15(17)16-12(2)10-13-5-7-14(8-6-13)22-11-23(18,19)20/h5-8,12H,3-4,9-11H2,1-2H3,(H,16,17)(H2,18,19,20)/t12-/m1/s1. The number of amides is 1. The summed E-state index contributed by atoms with van der Waals surface area (Å²) < 4.78 is 20.8. The molecule has 1 aromatic rings. The van der Waals surface area contributed by atoms with Crippen molar-refractivity contribution in [3.05, 3.63) is 29.8 Å². The second-order valence-corrected chi connectivity index (χ2v) is 6.91. The van der Waals surface area contributed by atoms with Crippen molar-refractivity contribution in [2.45, 2.75) is 39.2 Å². The van der Waals surface area contributed by atoms with E-state index in [0.29, 0.717) is 18.8 Å². The van der Waals surface area contributed by atoms with Crippen LogP contribution in [0.5, 0.6) is 5.75 Å². The average molecular weight is 345 g/mol. The first-order chi connectivity index (χ1) is 10.8. The molecule has 0 heterocycles. The van der Waals surface area contributed by atoms with Crippen LogP contribution in [0.1, 0.15) is 32.3 Å². The molecule has 0 spiro atoms. The molecule has 1 aromatic carbocycles. The number of nitrogens with one attached hydrogen (secondary N) is 1. The van der Waals surface area contributed by atoms with Crippen molar-refractivity contribution < 1.29 is 28.6 Å². The van der Waals surface area contributed by atoms with Gasteiger partial charge in [-0.1, -0.05) is 25.5 Å². The van der Waals surface area contributed by atoms with Crippen LogP contribution in [0.15, 0.2) is 24.3 Å². The van der Waals surface area contributed by atoms with Gasteiger partial charge in [0.05, 0.1) is 6.61 Å². The summed E-state index contributed by atoms with van der Waals surface area (Å²) >= 11 is 0. The number of rotatable bonds is 9. The lowest BCUT2D eigenvalue weighted by Gasteiger charge is -2.14. The van der Waals surface area contributed by atoms with E-state index in [4.69, 9.17) is 19.3 Å². The van der Waals surface area contributed by atoms with E-state index in [2.05, 4.69) is 5.32 Å². The molecule has 0 saturated carbocycles. The zero-order valence-corrected chi connectivity index (χ0v) is 14.3. The van der Waals surface area contributed by atoms with Gasteiger partial charge >= 0.3 is 13.7 Å². The van der Waals surface area contributed by atoms with Crippen LogP contribution in [0.25, 0.3) is 0 Å². The van der Waals surface area contributed by atoms with Crippen LogP contribution in [0, 0.1) is 0 Å². The molecule has 0 aromatic heterocycles. The lowest BCUT2D eigenvalue weighted by Crippen LogP contribution is -2.34. The Balaban J connectivity index is 2.39. The zero-order chi connectivity index (χ0) is 17.3. The van der Waals surface area contributed by atoms with Gasteiger partial charge in [-0.3, -0.25) is 4.57 Å². The predicted octanol–water partition coefficient (Wildman–Crippen LogP) is 2.66. The van der Waals surface area contributed by atoms with E-state index in [-0.39, 0.29) is 6.04 Å². The van der Waals surface area contributed by atoms with E-state index in [1.807, 2.05) is 13.8 Å². The molecule has 0 aliphatic carbocycles. The highest BCUT2D eigenvalue weighted by Gasteiger charge is 2.14. The van der Waals surface area contributed by atoms with Gasteiger partial charge in [0.2, 0.25) is 0 Å². The van der Waals surface area contributed by atoms with E-state index >= 15 is 0 Å². The molecule has 23 heavy (non-hydrogen) atoms. The molecule has 0 radical (unpaired) electrons. The molecule has 0 aliphatic rings. The fraction of sp³-hybridized carbons (Fsp3) is 0.533. The molecule has 130 valence electrons. The first kappa shape index (κ1) is 19.5. The number of hydrogen-bond donors (Lipinski definition) is 3. The maximum Gasteiger partial charge on any atom is 0.407 e. The number of carbonyl (C=O) groups is 1. The molecule has 0 bridgehead atoms. The van der Waals surface area contributed by atoms with Crippen LogP contribution >= 0.6 is 7.60 Å². The zero-order valence-electron chi connectivity index (χ0n) is 13.4. The first-order valence-corrected chi connectivity index (χ1v) is 9.29. The number of ether oxygens (including phenoxy) is 2. The Labute approximate surface area is 136 Å². The van der Waals surface area contributed by atoms with Gasteiger partial charge < -0.3 is 24.6 Å². The Morgan fingerprint density at radius 2 is 1.96 bits per heavy atom. The van der Waals surface area contributed by atoms with E-state index in [0.717, 1.165) is 18.4 Å². The summed E-state index contributed by atoms with van der Waals surface area (Å²) in [5, 5.41) is 2.75. The van der Waals surface area contributed by atoms with Crippen LogP contribution in [0.3, 0.4) is 0 Å². The molecule has 1 rings (SSSR count). The van der Waals surface area contributed by atoms with E-state index in [9.17, 15) is 9.36 Å². The highest BCUT2D eigenvalue weighted by Crippen LogP contribution is 2.34. The van der Waals surface area contributed by atoms with E-state index < -0.39 is 20.0 Å². The van der Waals surface area contributed by atoms with Gasteiger partial charge in [0.15, 0.2) is 6.35 Å². The third kappa shape index (κ3) is 9.23. The Morgan fingerprint density at radius 3 is 2.52 bits per heavy atom. The van der Waals surface area contributed by atoms with Crippen LogP contribution in [-0.2, 0) is 15.7 Å². The minimum absolute atomic E-state index is 0.0917. The summed E-state index contributed by atoms with van der Waals surface area (Å²) in [7, 11) is -4.18. The average Bonchev–Trinajstić information content (AvgIpc) is 2.46. The molecular formula is C15H24NO6P. The van der Waals surface area contributed by atoms with Crippen molar-refractivity contribution in [2.75, 3.05) is 13.0 Å². The van der Waals surface area contributed by atoms with Gasteiger partial charge in [-0.15, -0.1) is 0 Å².